The highest BCUT2D eigenvalue weighted by atomic mass is 16.4. The van der Waals surface area contributed by atoms with Gasteiger partial charge in [-0.25, -0.2) is 9.59 Å². The highest BCUT2D eigenvalue weighted by molar-refractivity contribution is 5.88. The maximum atomic E-state index is 12.8. The van der Waals surface area contributed by atoms with E-state index < -0.39 is 12.0 Å². The molecule has 2 unspecified atom stereocenters. The topological polar surface area (TPSA) is 140 Å². The van der Waals surface area contributed by atoms with Crippen LogP contribution in [0.1, 0.15) is 77.6 Å². The predicted octanol–water partition coefficient (Wildman–Crippen LogP) is 1.94. The van der Waals surface area contributed by atoms with Crippen LogP contribution >= 0.6 is 0 Å². The van der Waals surface area contributed by atoms with Gasteiger partial charge < -0.3 is 31.3 Å². The van der Waals surface area contributed by atoms with Crippen molar-refractivity contribution < 1.29 is 24.3 Å². The second-order valence-corrected chi connectivity index (χ2v) is 9.77. The smallest absolute Gasteiger partial charge is 0.318 e. The Kier molecular flexibility index (Phi) is 9.20. The van der Waals surface area contributed by atoms with E-state index in [-0.39, 0.29) is 49.1 Å². The van der Waals surface area contributed by atoms with E-state index in [0.29, 0.717) is 18.9 Å². The number of carbonyl (C=O) groups excluding carboxylic acids is 3. The first-order valence-electron chi connectivity index (χ1n) is 12.5. The lowest BCUT2D eigenvalue weighted by atomic mass is 9.86. The monoisotopic (exact) mass is 465 g/mol. The molecule has 3 fully saturated rings. The fraction of sp³-hybridized carbons (Fsp3) is 0.826. The standard InChI is InChI=1S/C23H39N5O5/c1-15-5-2-3-6-18(15)27-22(32)26-17-10-8-16(9-11-17)25-21(31)19-7-4-14-28(19)23(33)24-13-12-20(29)30/h15-19H,2-14H2,1H3,(H,24,33)(H,25,31)(H,29,30)(H2,26,27,32)/t15?,16?,17?,18?,19-/m0/s1. The zero-order valence-electron chi connectivity index (χ0n) is 19.6. The van der Waals surface area contributed by atoms with Gasteiger partial charge in [0.15, 0.2) is 0 Å². The van der Waals surface area contributed by atoms with Crippen molar-refractivity contribution >= 4 is 23.9 Å². The number of aliphatic carboxylic acids is 1. The van der Waals surface area contributed by atoms with Crippen molar-refractivity contribution in [3.05, 3.63) is 0 Å². The molecule has 3 aliphatic rings. The molecule has 1 aliphatic heterocycles. The van der Waals surface area contributed by atoms with Crippen molar-refractivity contribution in [1.82, 2.24) is 26.2 Å². The number of urea groups is 2. The molecule has 0 radical (unpaired) electrons. The van der Waals surface area contributed by atoms with Crippen molar-refractivity contribution in [2.45, 2.75) is 102 Å². The molecule has 5 N–H and O–H groups in total. The van der Waals surface area contributed by atoms with Gasteiger partial charge in [-0.3, -0.25) is 9.59 Å². The van der Waals surface area contributed by atoms with E-state index in [1.165, 1.54) is 17.7 Å². The molecule has 10 heteroatoms. The molecule has 3 atom stereocenters. The van der Waals surface area contributed by atoms with E-state index in [1.54, 1.807) is 0 Å². The molecule has 1 heterocycles. The molecule has 186 valence electrons. The number of hydrogen-bond acceptors (Lipinski definition) is 4. The van der Waals surface area contributed by atoms with Crippen LogP contribution in [0.3, 0.4) is 0 Å². The van der Waals surface area contributed by atoms with Crippen molar-refractivity contribution in [2.75, 3.05) is 13.1 Å². The van der Waals surface area contributed by atoms with Crippen LogP contribution in [-0.2, 0) is 9.59 Å². The van der Waals surface area contributed by atoms with E-state index in [2.05, 4.69) is 28.2 Å². The third-order valence-electron chi connectivity index (χ3n) is 7.27. The van der Waals surface area contributed by atoms with E-state index >= 15 is 0 Å². The number of carbonyl (C=O) groups is 4. The third-order valence-corrected chi connectivity index (χ3v) is 7.27. The first kappa shape index (κ1) is 25.1. The predicted molar refractivity (Wildman–Crippen MR) is 123 cm³/mol. The van der Waals surface area contributed by atoms with Crippen LogP contribution in [0, 0.1) is 5.92 Å². The normalized spacial score (nSPS) is 29.7. The summed E-state index contributed by atoms with van der Waals surface area (Å²) in [6, 6.07) is -0.592. The molecular formula is C23H39N5O5. The van der Waals surface area contributed by atoms with Gasteiger partial charge in [-0.15, -0.1) is 0 Å². The maximum absolute atomic E-state index is 12.8. The zero-order valence-corrected chi connectivity index (χ0v) is 19.6. The largest absolute Gasteiger partial charge is 0.481 e. The van der Waals surface area contributed by atoms with Gasteiger partial charge >= 0.3 is 18.0 Å². The Morgan fingerprint density at radius 1 is 0.848 bits per heavy atom. The Hall–Kier alpha value is -2.52. The Morgan fingerprint density at radius 3 is 2.18 bits per heavy atom. The van der Waals surface area contributed by atoms with Crippen molar-refractivity contribution in [1.29, 1.82) is 0 Å². The first-order valence-corrected chi connectivity index (χ1v) is 12.5. The van der Waals surface area contributed by atoms with Crippen molar-refractivity contribution in [3.63, 3.8) is 0 Å². The third kappa shape index (κ3) is 7.50. The fourth-order valence-corrected chi connectivity index (χ4v) is 5.27. The lowest BCUT2D eigenvalue weighted by Gasteiger charge is -2.33. The van der Waals surface area contributed by atoms with Gasteiger partial charge in [0.1, 0.15) is 6.04 Å². The van der Waals surface area contributed by atoms with E-state index in [0.717, 1.165) is 44.9 Å². The molecular weight excluding hydrogens is 426 g/mol. The summed E-state index contributed by atoms with van der Waals surface area (Å²) in [7, 11) is 0. The molecule has 0 bridgehead atoms. The minimum Gasteiger partial charge on any atom is -0.481 e. The molecule has 0 aromatic heterocycles. The van der Waals surface area contributed by atoms with Crippen LogP contribution in [0.2, 0.25) is 0 Å². The van der Waals surface area contributed by atoms with Crippen LogP contribution in [0.5, 0.6) is 0 Å². The minimum absolute atomic E-state index is 0.0366. The molecule has 33 heavy (non-hydrogen) atoms. The fourth-order valence-electron chi connectivity index (χ4n) is 5.27. The van der Waals surface area contributed by atoms with Gasteiger partial charge in [-0.05, 0) is 57.3 Å². The Bertz CT molecular complexity index is 709. The molecule has 2 saturated carbocycles. The molecule has 5 amide bonds. The van der Waals surface area contributed by atoms with E-state index in [9.17, 15) is 19.2 Å². The average molecular weight is 466 g/mol. The number of likely N-dealkylation sites (tertiary alicyclic amines) is 1. The summed E-state index contributed by atoms with van der Waals surface area (Å²) in [5.41, 5.74) is 0. The van der Waals surface area contributed by atoms with Crippen LogP contribution < -0.4 is 21.3 Å². The minimum atomic E-state index is -0.975. The molecule has 1 saturated heterocycles. The summed E-state index contributed by atoms with van der Waals surface area (Å²) in [5.74, 6) is -0.608. The zero-order chi connectivity index (χ0) is 23.8. The molecule has 2 aliphatic carbocycles. The van der Waals surface area contributed by atoms with Crippen LogP contribution in [0.4, 0.5) is 9.59 Å². The summed E-state index contributed by atoms with van der Waals surface area (Å²) in [5, 5.41) is 20.6. The second kappa shape index (κ2) is 12.1. The Labute approximate surface area is 195 Å². The Balaban J connectivity index is 1.37. The summed E-state index contributed by atoms with van der Waals surface area (Å²) in [6.45, 7) is 2.73. The van der Waals surface area contributed by atoms with Crippen LogP contribution in [-0.4, -0.2) is 71.2 Å². The molecule has 0 spiro atoms. The first-order chi connectivity index (χ1) is 15.8. The molecule has 0 aromatic carbocycles. The number of rotatable bonds is 7. The van der Waals surface area contributed by atoms with Gasteiger partial charge in [-0.1, -0.05) is 19.8 Å². The molecule has 10 nitrogen and oxygen atoms in total. The lowest BCUT2D eigenvalue weighted by Crippen LogP contribution is -2.53. The quantitative estimate of drug-likeness (QED) is 0.391. The Morgan fingerprint density at radius 2 is 1.52 bits per heavy atom. The van der Waals surface area contributed by atoms with Gasteiger partial charge in [0.05, 0.1) is 6.42 Å². The van der Waals surface area contributed by atoms with Crippen LogP contribution in [0.25, 0.3) is 0 Å². The lowest BCUT2D eigenvalue weighted by molar-refractivity contribution is -0.136. The number of carboxylic acids is 1. The van der Waals surface area contributed by atoms with Crippen LogP contribution in [0.15, 0.2) is 0 Å². The van der Waals surface area contributed by atoms with Crippen molar-refractivity contribution in [2.24, 2.45) is 5.92 Å². The maximum Gasteiger partial charge on any atom is 0.318 e. The second-order valence-electron chi connectivity index (χ2n) is 9.77. The summed E-state index contributed by atoms with van der Waals surface area (Å²) >= 11 is 0. The van der Waals surface area contributed by atoms with E-state index in [4.69, 9.17) is 5.11 Å². The number of nitrogens with one attached hydrogen (secondary N) is 4. The number of nitrogens with zero attached hydrogens (tertiary/aromatic N) is 1. The van der Waals surface area contributed by atoms with Gasteiger partial charge in [0, 0.05) is 31.2 Å². The highest BCUT2D eigenvalue weighted by Gasteiger charge is 2.35. The summed E-state index contributed by atoms with van der Waals surface area (Å²) < 4.78 is 0. The summed E-state index contributed by atoms with van der Waals surface area (Å²) in [4.78, 5) is 49.7. The van der Waals surface area contributed by atoms with Crippen molar-refractivity contribution in [3.8, 4) is 0 Å². The van der Waals surface area contributed by atoms with Gasteiger partial charge in [-0.2, -0.15) is 0 Å². The number of amides is 5. The van der Waals surface area contributed by atoms with Gasteiger partial charge in [0.2, 0.25) is 5.91 Å². The van der Waals surface area contributed by atoms with Gasteiger partial charge in [0.25, 0.3) is 0 Å². The number of hydrogen-bond donors (Lipinski definition) is 5. The van der Waals surface area contributed by atoms with E-state index in [1.807, 2.05) is 0 Å². The summed E-state index contributed by atoms with van der Waals surface area (Å²) in [6.07, 6.45) is 9.01. The highest BCUT2D eigenvalue weighted by Crippen LogP contribution is 2.24. The SMILES string of the molecule is CC1CCCCC1NC(=O)NC1CCC(NC(=O)[C@@H]2CCCN2C(=O)NCCC(=O)O)CC1. The number of carboxylic acid groups (broad SMARTS) is 1. The average Bonchev–Trinajstić information content (AvgIpc) is 3.27. The molecule has 0 aromatic rings. The molecule has 3 rings (SSSR count).